The molecule has 19 heavy (non-hydrogen) atoms. The van der Waals surface area contributed by atoms with Crippen LogP contribution in [0.5, 0.6) is 0 Å². The molecule has 0 radical (unpaired) electrons. The Bertz CT molecular complexity index is 532. The fourth-order valence-corrected chi connectivity index (χ4v) is 4.20. The molecule has 0 aromatic heterocycles. The van der Waals surface area contributed by atoms with Gasteiger partial charge in [0.05, 0.1) is 5.75 Å². The number of thioether (sulfide) groups is 1. The van der Waals surface area contributed by atoms with Gasteiger partial charge < -0.3 is 5.73 Å². The Labute approximate surface area is 120 Å². The second kappa shape index (κ2) is 7.88. The molecule has 108 valence electrons. The van der Waals surface area contributed by atoms with Gasteiger partial charge >= 0.3 is 0 Å². The van der Waals surface area contributed by atoms with E-state index in [1.54, 1.807) is 12.3 Å². The average Bonchev–Trinajstić information content (AvgIpc) is 2.27. The molecule has 0 aliphatic carbocycles. The van der Waals surface area contributed by atoms with Crippen molar-refractivity contribution in [1.82, 2.24) is 4.72 Å². The smallest absolute Gasteiger partial charge is 0.212 e. The van der Waals surface area contributed by atoms with Gasteiger partial charge in [-0.2, -0.15) is 0 Å². The van der Waals surface area contributed by atoms with E-state index in [9.17, 15) is 12.6 Å². The van der Waals surface area contributed by atoms with Crippen LogP contribution in [-0.2, 0) is 20.8 Å². The molecule has 5 nitrogen and oxygen atoms in total. The third-order valence-corrected chi connectivity index (χ3v) is 5.61. The Balaban J connectivity index is 2.33. The van der Waals surface area contributed by atoms with Crippen molar-refractivity contribution < 1.29 is 12.6 Å². The number of sulfonamides is 1. The van der Waals surface area contributed by atoms with Crippen molar-refractivity contribution in [1.29, 1.82) is 0 Å². The van der Waals surface area contributed by atoms with E-state index >= 15 is 0 Å². The maximum atomic E-state index is 11.6. The zero-order valence-corrected chi connectivity index (χ0v) is 13.1. The minimum absolute atomic E-state index is 0.0306. The van der Waals surface area contributed by atoms with Gasteiger partial charge in [0.25, 0.3) is 0 Å². The SMILES string of the molecule is CS(=O)CCNS(=O)(=O)CCSc1cccc(N)c1. The summed E-state index contributed by atoms with van der Waals surface area (Å²) in [4.78, 5) is 0.949. The number of benzene rings is 1. The number of hydrogen-bond acceptors (Lipinski definition) is 5. The maximum Gasteiger partial charge on any atom is 0.212 e. The van der Waals surface area contributed by atoms with Crippen molar-refractivity contribution >= 4 is 38.3 Å². The Morgan fingerprint density at radius 1 is 1.42 bits per heavy atom. The molecule has 1 unspecified atom stereocenters. The first-order valence-corrected chi connectivity index (χ1v) is 10.0. The third-order valence-electron chi connectivity index (χ3n) is 2.19. The van der Waals surface area contributed by atoms with E-state index < -0.39 is 20.8 Å². The molecule has 0 amide bonds. The monoisotopic (exact) mass is 322 g/mol. The van der Waals surface area contributed by atoms with Crippen molar-refractivity contribution in [3.05, 3.63) is 24.3 Å². The van der Waals surface area contributed by atoms with Crippen molar-refractivity contribution in [3.8, 4) is 0 Å². The quantitative estimate of drug-likeness (QED) is 0.542. The predicted octanol–water partition coefficient (Wildman–Crippen LogP) is 0.659. The molecule has 1 rings (SSSR count). The summed E-state index contributed by atoms with van der Waals surface area (Å²) >= 11 is 1.44. The number of nitrogens with one attached hydrogen (secondary N) is 1. The maximum absolute atomic E-state index is 11.6. The number of rotatable bonds is 8. The summed E-state index contributed by atoms with van der Waals surface area (Å²) in [6, 6.07) is 7.32. The molecular formula is C11H18N2O3S3. The lowest BCUT2D eigenvalue weighted by atomic mass is 10.3. The van der Waals surface area contributed by atoms with Gasteiger partial charge in [-0.05, 0) is 18.2 Å². The van der Waals surface area contributed by atoms with Crippen LogP contribution in [0.2, 0.25) is 0 Å². The Kier molecular flexibility index (Phi) is 6.84. The topological polar surface area (TPSA) is 89.3 Å². The number of nitrogen functional groups attached to an aromatic ring is 1. The summed E-state index contributed by atoms with van der Waals surface area (Å²) in [5.74, 6) is 0.818. The van der Waals surface area contributed by atoms with Crippen LogP contribution in [0.25, 0.3) is 0 Å². The molecule has 1 atom stereocenters. The lowest BCUT2D eigenvalue weighted by molar-refractivity contribution is 0.585. The highest BCUT2D eigenvalue weighted by molar-refractivity contribution is 8.00. The van der Waals surface area contributed by atoms with Gasteiger partial charge in [0.1, 0.15) is 0 Å². The fraction of sp³-hybridized carbons (Fsp3) is 0.455. The van der Waals surface area contributed by atoms with Gasteiger partial charge in [-0.25, -0.2) is 13.1 Å². The second-order valence-electron chi connectivity index (χ2n) is 3.91. The molecule has 0 bridgehead atoms. The van der Waals surface area contributed by atoms with E-state index in [2.05, 4.69) is 4.72 Å². The summed E-state index contributed by atoms with van der Waals surface area (Å²) in [6.45, 7) is 0.217. The zero-order chi connectivity index (χ0) is 14.3. The summed E-state index contributed by atoms with van der Waals surface area (Å²) in [5, 5.41) is 0. The van der Waals surface area contributed by atoms with Gasteiger partial charge in [0.15, 0.2) is 0 Å². The van der Waals surface area contributed by atoms with Crippen LogP contribution in [0.1, 0.15) is 0 Å². The van der Waals surface area contributed by atoms with Crippen molar-refractivity contribution in [3.63, 3.8) is 0 Å². The second-order valence-corrected chi connectivity index (χ2v) is 8.56. The number of nitrogens with two attached hydrogens (primary N) is 1. The highest BCUT2D eigenvalue weighted by Crippen LogP contribution is 2.20. The van der Waals surface area contributed by atoms with Crippen LogP contribution >= 0.6 is 11.8 Å². The van der Waals surface area contributed by atoms with Crippen LogP contribution in [0.3, 0.4) is 0 Å². The summed E-state index contributed by atoms with van der Waals surface area (Å²) < 4.78 is 36.5. The molecule has 8 heteroatoms. The summed E-state index contributed by atoms with van der Waals surface area (Å²) in [7, 11) is -4.28. The van der Waals surface area contributed by atoms with Crippen LogP contribution in [0.4, 0.5) is 5.69 Å². The molecule has 0 aliphatic rings. The first kappa shape index (κ1) is 16.5. The lowest BCUT2D eigenvalue weighted by Crippen LogP contribution is -2.30. The van der Waals surface area contributed by atoms with Crippen LogP contribution in [0, 0.1) is 0 Å². The largest absolute Gasteiger partial charge is 0.399 e. The molecular weight excluding hydrogens is 304 g/mol. The first-order valence-electron chi connectivity index (χ1n) is 5.65. The molecule has 0 heterocycles. The molecule has 3 N–H and O–H groups in total. The minimum atomic E-state index is -3.29. The molecule has 0 saturated carbocycles. The van der Waals surface area contributed by atoms with Gasteiger partial charge in [0, 0.05) is 45.7 Å². The van der Waals surface area contributed by atoms with Crippen molar-refractivity contribution in [2.75, 3.05) is 35.8 Å². The normalized spacial score (nSPS) is 13.3. The van der Waals surface area contributed by atoms with E-state index in [-0.39, 0.29) is 12.3 Å². The minimum Gasteiger partial charge on any atom is -0.399 e. The highest BCUT2D eigenvalue weighted by Gasteiger charge is 2.09. The predicted molar refractivity (Wildman–Crippen MR) is 82.3 cm³/mol. The Morgan fingerprint density at radius 3 is 2.79 bits per heavy atom. The van der Waals surface area contributed by atoms with E-state index in [0.29, 0.717) is 17.2 Å². The van der Waals surface area contributed by atoms with Gasteiger partial charge in [-0.1, -0.05) is 6.07 Å². The van der Waals surface area contributed by atoms with Crippen LogP contribution in [0.15, 0.2) is 29.2 Å². The standard InChI is InChI=1S/C11H18N2O3S3/c1-18(14)7-5-13-19(15,16)8-6-17-11-4-2-3-10(12)9-11/h2-4,9,13H,5-8,12H2,1H3. The van der Waals surface area contributed by atoms with E-state index in [4.69, 9.17) is 5.73 Å². The highest BCUT2D eigenvalue weighted by atomic mass is 32.2. The molecule has 1 aromatic rings. The number of hydrogen-bond donors (Lipinski definition) is 2. The van der Waals surface area contributed by atoms with E-state index in [1.807, 2.05) is 18.2 Å². The van der Waals surface area contributed by atoms with Crippen molar-refractivity contribution in [2.24, 2.45) is 0 Å². The lowest BCUT2D eigenvalue weighted by Gasteiger charge is -2.06. The summed E-state index contributed by atoms with van der Waals surface area (Å²) in [5.41, 5.74) is 6.30. The molecule has 1 aromatic carbocycles. The van der Waals surface area contributed by atoms with Crippen molar-refractivity contribution in [2.45, 2.75) is 4.90 Å². The van der Waals surface area contributed by atoms with E-state index in [1.165, 1.54) is 11.8 Å². The Morgan fingerprint density at radius 2 is 2.16 bits per heavy atom. The first-order chi connectivity index (χ1) is 8.89. The molecule has 0 aliphatic heterocycles. The average molecular weight is 322 g/mol. The Hall–Kier alpha value is -0.570. The molecule has 0 spiro atoms. The fourth-order valence-electron chi connectivity index (χ4n) is 1.29. The van der Waals surface area contributed by atoms with Crippen LogP contribution < -0.4 is 10.5 Å². The molecule has 0 fully saturated rings. The van der Waals surface area contributed by atoms with Gasteiger partial charge in [0.2, 0.25) is 10.0 Å². The van der Waals surface area contributed by atoms with E-state index in [0.717, 1.165) is 4.90 Å². The zero-order valence-electron chi connectivity index (χ0n) is 10.7. The van der Waals surface area contributed by atoms with Gasteiger partial charge in [-0.3, -0.25) is 4.21 Å². The molecule has 0 saturated heterocycles. The third kappa shape index (κ3) is 7.56. The van der Waals surface area contributed by atoms with Gasteiger partial charge in [-0.15, -0.1) is 11.8 Å². The number of anilines is 1. The summed E-state index contributed by atoms with van der Waals surface area (Å²) in [6.07, 6.45) is 1.55. The van der Waals surface area contributed by atoms with Crippen LogP contribution in [-0.4, -0.2) is 42.7 Å².